The fraction of sp³-hybridized carbons (Fsp3) is 0.0370. The Hall–Kier alpha value is -3.15. The molecule has 1 atom stereocenters. The van der Waals surface area contributed by atoms with Crippen molar-refractivity contribution in [2.45, 2.75) is 6.16 Å². The molecular weight excluding hydrogens is 371 g/mol. The van der Waals surface area contributed by atoms with Crippen molar-refractivity contribution in [2.24, 2.45) is 0 Å². The van der Waals surface area contributed by atoms with Crippen molar-refractivity contribution in [3.05, 3.63) is 109 Å². The van der Waals surface area contributed by atoms with Crippen molar-refractivity contribution in [1.82, 2.24) is 0 Å². The van der Waals surface area contributed by atoms with E-state index in [0.29, 0.717) is 0 Å². The summed E-state index contributed by atoms with van der Waals surface area (Å²) in [6.07, 6.45) is 0.772. The summed E-state index contributed by atoms with van der Waals surface area (Å²) in [7, 11) is 2.81. The highest BCUT2D eigenvalue weighted by Crippen LogP contribution is 2.45. The van der Waals surface area contributed by atoms with Gasteiger partial charge in [-0.25, -0.2) is 0 Å². The lowest BCUT2D eigenvalue weighted by Gasteiger charge is -2.13. The minimum atomic E-state index is 0.772. The summed E-state index contributed by atoms with van der Waals surface area (Å²) in [4.78, 5) is 0. The fourth-order valence-electron chi connectivity index (χ4n) is 4.06. The number of hydrogen-bond donors (Lipinski definition) is 0. The molecule has 0 spiro atoms. The van der Waals surface area contributed by atoms with Gasteiger partial charge in [0, 0.05) is 22.7 Å². The molecule has 2 heteroatoms. The SMILES string of the molecule is PCc1oc2ccc(-c3ccccc3)c(-c3ccccc3)c2c1-c1ccccc1. The lowest BCUT2D eigenvalue weighted by molar-refractivity contribution is 0.575. The first-order valence-corrected chi connectivity index (χ1v) is 10.6. The highest BCUT2D eigenvalue weighted by molar-refractivity contribution is 7.15. The first kappa shape index (κ1) is 17.9. The van der Waals surface area contributed by atoms with E-state index < -0.39 is 0 Å². The van der Waals surface area contributed by atoms with Gasteiger partial charge in [-0.15, -0.1) is 9.24 Å². The van der Waals surface area contributed by atoms with Gasteiger partial charge in [-0.2, -0.15) is 0 Å². The molecule has 0 aliphatic carbocycles. The highest BCUT2D eigenvalue weighted by Gasteiger charge is 2.21. The molecule has 1 heterocycles. The molecule has 0 fully saturated rings. The third-order valence-corrected chi connectivity index (χ3v) is 5.70. The van der Waals surface area contributed by atoms with Crippen LogP contribution in [-0.2, 0) is 6.16 Å². The second-order valence-corrected chi connectivity index (χ2v) is 7.47. The van der Waals surface area contributed by atoms with Crippen LogP contribution < -0.4 is 0 Å². The Morgan fingerprint density at radius 1 is 0.552 bits per heavy atom. The summed E-state index contributed by atoms with van der Waals surface area (Å²) >= 11 is 0. The summed E-state index contributed by atoms with van der Waals surface area (Å²) in [5, 5.41) is 1.18. The van der Waals surface area contributed by atoms with Gasteiger partial charge in [-0.3, -0.25) is 0 Å². The van der Waals surface area contributed by atoms with Crippen molar-refractivity contribution in [3.63, 3.8) is 0 Å². The van der Waals surface area contributed by atoms with Crippen LogP contribution in [0.15, 0.2) is 108 Å². The smallest absolute Gasteiger partial charge is 0.135 e. The average molecular weight is 392 g/mol. The Balaban J connectivity index is 1.94. The molecule has 29 heavy (non-hydrogen) atoms. The molecule has 0 N–H and O–H groups in total. The zero-order valence-electron chi connectivity index (χ0n) is 16.0. The van der Waals surface area contributed by atoms with E-state index >= 15 is 0 Å². The van der Waals surface area contributed by atoms with Crippen LogP contribution in [0.2, 0.25) is 0 Å². The molecule has 0 radical (unpaired) electrons. The molecule has 0 aliphatic heterocycles. The molecule has 5 rings (SSSR count). The van der Waals surface area contributed by atoms with Crippen LogP contribution in [0.5, 0.6) is 0 Å². The molecule has 0 aliphatic rings. The molecule has 1 nitrogen and oxygen atoms in total. The third-order valence-electron chi connectivity index (χ3n) is 5.32. The molecule has 5 aromatic rings. The largest absolute Gasteiger partial charge is 0.460 e. The predicted molar refractivity (Wildman–Crippen MR) is 126 cm³/mol. The zero-order valence-corrected chi connectivity index (χ0v) is 17.2. The van der Waals surface area contributed by atoms with Crippen LogP contribution in [0, 0.1) is 0 Å². The summed E-state index contributed by atoms with van der Waals surface area (Å²) in [5.41, 5.74) is 8.16. The number of hydrogen-bond acceptors (Lipinski definition) is 1. The number of rotatable bonds is 4. The van der Waals surface area contributed by atoms with Crippen LogP contribution in [0.3, 0.4) is 0 Å². The van der Waals surface area contributed by atoms with E-state index in [1.807, 2.05) is 0 Å². The van der Waals surface area contributed by atoms with Gasteiger partial charge in [0.1, 0.15) is 11.3 Å². The molecule has 1 aromatic heterocycles. The maximum atomic E-state index is 6.33. The second-order valence-electron chi connectivity index (χ2n) is 7.06. The molecule has 140 valence electrons. The molecule has 1 unspecified atom stereocenters. The van der Waals surface area contributed by atoms with Gasteiger partial charge < -0.3 is 4.42 Å². The molecule has 0 bridgehead atoms. The van der Waals surface area contributed by atoms with E-state index in [0.717, 1.165) is 17.5 Å². The van der Waals surface area contributed by atoms with Crippen molar-refractivity contribution in [3.8, 4) is 33.4 Å². The summed E-state index contributed by atoms with van der Waals surface area (Å²) in [6.45, 7) is 0. The van der Waals surface area contributed by atoms with Gasteiger partial charge >= 0.3 is 0 Å². The zero-order chi connectivity index (χ0) is 19.6. The summed E-state index contributed by atoms with van der Waals surface area (Å²) in [6, 6.07) is 36.1. The lowest BCUT2D eigenvalue weighted by Crippen LogP contribution is -1.89. The number of benzene rings is 4. The van der Waals surface area contributed by atoms with Crippen LogP contribution in [0.1, 0.15) is 5.76 Å². The number of furan rings is 1. The monoisotopic (exact) mass is 392 g/mol. The van der Waals surface area contributed by atoms with Gasteiger partial charge in [0.05, 0.1) is 0 Å². The number of fused-ring (bicyclic) bond motifs is 1. The minimum Gasteiger partial charge on any atom is -0.460 e. The quantitative estimate of drug-likeness (QED) is 0.284. The van der Waals surface area contributed by atoms with Crippen molar-refractivity contribution >= 4 is 20.2 Å². The fourth-order valence-corrected chi connectivity index (χ4v) is 4.34. The van der Waals surface area contributed by atoms with E-state index in [9.17, 15) is 0 Å². The van der Waals surface area contributed by atoms with E-state index in [1.54, 1.807) is 0 Å². The topological polar surface area (TPSA) is 13.1 Å². The van der Waals surface area contributed by atoms with E-state index in [1.165, 1.54) is 38.8 Å². The molecule has 4 aromatic carbocycles. The van der Waals surface area contributed by atoms with Crippen molar-refractivity contribution in [1.29, 1.82) is 0 Å². The maximum Gasteiger partial charge on any atom is 0.135 e. The molecule has 0 saturated carbocycles. The molecule has 0 saturated heterocycles. The first-order chi connectivity index (χ1) is 14.4. The standard InChI is InChI=1S/C27H21OP/c29-18-24-26(21-14-8-3-9-15-21)27-23(28-24)17-16-22(19-10-4-1-5-11-19)25(27)20-12-6-2-7-13-20/h1-17H,18,29H2. The Kier molecular flexibility index (Phi) is 4.76. The van der Waals surface area contributed by atoms with Crippen molar-refractivity contribution in [2.75, 3.05) is 0 Å². The van der Waals surface area contributed by atoms with E-state index in [4.69, 9.17) is 4.42 Å². The van der Waals surface area contributed by atoms with Crippen LogP contribution in [0.25, 0.3) is 44.3 Å². The Bertz CT molecular complexity index is 1260. The molecule has 0 amide bonds. The van der Waals surface area contributed by atoms with Gasteiger partial charge in [0.15, 0.2) is 0 Å². The van der Waals surface area contributed by atoms with Gasteiger partial charge in [-0.05, 0) is 28.3 Å². The Morgan fingerprint density at radius 2 is 1.07 bits per heavy atom. The van der Waals surface area contributed by atoms with Crippen LogP contribution in [0.4, 0.5) is 0 Å². The normalized spacial score (nSPS) is 11.1. The van der Waals surface area contributed by atoms with Gasteiger partial charge in [-0.1, -0.05) is 97.1 Å². The summed E-state index contributed by atoms with van der Waals surface area (Å²) < 4.78 is 6.33. The van der Waals surface area contributed by atoms with Crippen LogP contribution in [-0.4, -0.2) is 0 Å². The highest BCUT2D eigenvalue weighted by atomic mass is 31.0. The Morgan fingerprint density at radius 3 is 1.62 bits per heavy atom. The van der Waals surface area contributed by atoms with E-state index in [2.05, 4.69) is 112 Å². The second kappa shape index (κ2) is 7.70. The maximum absolute atomic E-state index is 6.33. The van der Waals surface area contributed by atoms with Crippen LogP contribution >= 0.6 is 9.24 Å². The van der Waals surface area contributed by atoms with E-state index in [-0.39, 0.29) is 0 Å². The lowest BCUT2D eigenvalue weighted by atomic mass is 9.88. The van der Waals surface area contributed by atoms with Crippen molar-refractivity contribution < 1.29 is 4.42 Å². The first-order valence-electron chi connectivity index (χ1n) is 9.81. The summed E-state index contributed by atoms with van der Waals surface area (Å²) in [5.74, 6) is 0.999. The minimum absolute atomic E-state index is 0.772. The predicted octanol–water partition coefficient (Wildman–Crippen LogP) is 7.81. The van der Waals surface area contributed by atoms with Gasteiger partial charge in [0.2, 0.25) is 0 Å². The Labute approximate surface area is 173 Å². The third kappa shape index (κ3) is 3.18. The van der Waals surface area contributed by atoms with Gasteiger partial charge in [0.25, 0.3) is 0 Å². The average Bonchev–Trinajstić information content (AvgIpc) is 3.19. The molecular formula is C27H21OP.